The van der Waals surface area contributed by atoms with Gasteiger partial charge < -0.3 is 9.88 Å². The molecule has 0 fully saturated rings. The average molecular weight is 303 g/mol. The van der Waals surface area contributed by atoms with Crippen molar-refractivity contribution in [2.45, 2.75) is 25.2 Å². The molecule has 2 aromatic rings. The van der Waals surface area contributed by atoms with E-state index in [4.69, 9.17) is 0 Å². The number of rotatable bonds is 1. The monoisotopic (exact) mass is 303 g/mol. The number of aryl methyl sites for hydroxylation is 1. The van der Waals surface area contributed by atoms with E-state index in [1.54, 1.807) is 0 Å². The summed E-state index contributed by atoms with van der Waals surface area (Å²) in [6, 6.07) is 2.41. The molecule has 0 saturated carbocycles. The molecule has 3 rings (SSSR count). The molecule has 112 valence electrons. The molecule has 1 aliphatic heterocycles. The zero-order valence-electron chi connectivity index (χ0n) is 10.6. The van der Waals surface area contributed by atoms with Gasteiger partial charge in [0.1, 0.15) is 11.6 Å². The first-order valence-electron chi connectivity index (χ1n) is 6.20. The minimum absolute atomic E-state index is 0.00207. The Labute approximate surface area is 116 Å². The molecule has 0 aliphatic carbocycles. The average Bonchev–Trinajstić information content (AvgIpc) is 2.84. The summed E-state index contributed by atoms with van der Waals surface area (Å²) in [5.41, 5.74) is -0.928. The van der Waals surface area contributed by atoms with Gasteiger partial charge in [-0.25, -0.2) is 13.8 Å². The Morgan fingerprint density at radius 1 is 1.24 bits per heavy atom. The number of halogens is 5. The molecular weight excluding hydrogens is 293 g/mol. The standard InChI is InChI=1S/C13H10F5N3/c14-7-1-2-9(15)8(5-7)10-3-4-21-6-11(13(16,17)18)20-12(21)19-10/h1-2,5-6,10H,3-4H2,(H,19,20). The van der Waals surface area contributed by atoms with E-state index in [0.29, 0.717) is 6.42 Å². The van der Waals surface area contributed by atoms with Gasteiger partial charge in [-0.15, -0.1) is 0 Å². The van der Waals surface area contributed by atoms with Crippen molar-refractivity contribution in [1.82, 2.24) is 9.55 Å². The van der Waals surface area contributed by atoms with Crippen LogP contribution in [0.2, 0.25) is 0 Å². The van der Waals surface area contributed by atoms with Crippen LogP contribution in [0.1, 0.15) is 23.7 Å². The van der Waals surface area contributed by atoms with E-state index in [2.05, 4.69) is 10.3 Å². The molecule has 3 nitrogen and oxygen atoms in total. The maximum absolute atomic E-state index is 13.7. The van der Waals surface area contributed by atoms with Gasteiger partial charge in [-0.3, -0.25) is 0 Å². The van der Waals surface area contributed by atoms with Gasteiger partial charge in [0.2, 0.25) is 5.95 Å². The van der Waals surface area contributed by atoms with Crippen LogP contribution in [0.5, 0.6) is 0 Å². The molecule has 0 spiro atoms. The largest absolute Gasteiger partial charge is 0.434 e. The topological polar surface area (TPSA) is 29.9 Å². The number of hydrogen-bond acceptors (Lipinski definition) is 2. The zero-order valence-corrected chi connectivity index (χ0v) is 10.6. The van der Waals surface area contributed by atoms with Gasteiger partial charge in [0.15, 0.2) is 5.69 Å². The first-order chi connectivity index (χ1) is 9.84. The van der Waals surface area contributed by atoms with E-state index in [1.165, 1.54) is 4.57 Å². The third-order valence-corrected chi connectivity index (χ3v) is 3.36. The minimum Gasteiger partial charge on any atom is -0.349 e. The van der Waals surface area contributed by atoms with Crippen LogP contribution in [0.4, 0.5) is 27.9 Å². The van der Waals surface area contributed by atoms with Crippen LogP contribution >= 0.6 is 0 Å². The number of fused-ring (bicyclic) bond motifs is 1. The van der Waals surface area contributed by atoms with Gasteiger partial charge in [0, 0.05) is 18.3 Å². The zero-order chi connectivity index (χ0) is 15.2. The summed E-state index contributed by atoms with van der Waals surface area (Å²) in [5, 5.41) is 2.72. The number of nitrogens with zero attached hydrogens (tertiary/aromatic N) is 2. The molecule has 2 heterocycles. The first-order valence-corrected chi connectivity index (χ1v) is 6.20. The fraction of sp³-hybridized carbons (Fsp3) is 0.308. The van der Waals surface area contributed by atoms with E-state index in [0.717, 1.165) is 24.4 Å². The molecule has 0 saturated heterocycles. The molecule has 21 heavy (non-hydrogen) atoms. The van der Waals surface area contributed by atoms with Crippen molar-refractivity contribution in [1.29, 1.82) is 0 Å². The molecule has 1 unspecified atom stereocenters. The molecular formula is C13H10F5N3. The quantitative estimate of drug-likeness (QED) is 0.813. The molecule has 1 atom stereocenters. The third-order valence-electron chi connectivity index (χ3n) is 3.36. The lowest BCUT2D eigenvalue weighted by molar-refractivity contribution is -0.140. The summed E-state index contributed by atoms with van der Waals surface area (Å²) in [6.07, 6.45) is -3.30. The maximum Gasteiger partial charge on any atom is 0.434 e. The molecule has 0 amide bonds. The number of hydrogen-bond donors (Lipinski definition) is 1. The Bertz CT molecular complexity index is 677. The van der Waals surface area contributed by atoms with Crippen molar-refractivity contribution in [2.24, 2.45) is 0 Å². The summed E-state index contributed by atoms with van der Waals surface area (Å²) >= 11 is 0. The van der Waals surface area contributed by atoms with Crippen LogP contribution in [-0.2, 0) is 12.7 Å². The van der Waals surface area contributed by atoms with Crippen LogP contribution < -0.4 is 5.32 Å². The third kappa shape index (κ3) is 2.57. The Hall–Kier alpha value is -2.12. The maximum atomic E-state index is 13.7. The van der Waals surface area contributed by atoms with Gasteiger partial charge in [0.05, 0.1) is 6.04 Å². The summed E-state index contributed by atoms with van der Waals surface area (Å²) in [5.74, 6) is -1.20. The van der Waals surface area contributed by atoms with Crippen molar-refractivity contribution in [3.63, 3.8) is 0 Å². The fourth-order valence-electron chi connectivity index (χ4n) is 2.35. The van der Waals surface area contributed by atoms with Gasteiger partial charge in [-0.05, 0) is 24.6 Å². The summed E-state index contributed by atoms with van der Waals surface area (Å²) in [7, 11) is 0. The van der Waals surface area contributed by atoms with Crippen molar-refractivity contribution in [3.05, 3.63) is 47.3 Å². The van der Waals surface area contributed by atoms with Crippen LogP contribution in [0.3, 0.4) is 0 Å². The second kappa shape index (κ2) is 4.71. The molecule has 1 aromatic carbocycles. The Kier molecular flexibility index (Phi) is 3.11. The van der Waals surface area contributed by atoms with E-state index >= 15 is 0 Å². The number of anilines is 1. The highest BCUT2D eigenvalue weighted by atomic mass is 19.4. The van der Waals surface area contributed by atoms with Gasteiger partial charge >= 0.3 is 6.18 Å². The van der Waals surface area contributed by atoms with E-state index in [1.807, 2.05) is 0 Å². The van der Waals surface area contributed by atoms with Gasteiger partial charge in [0.25, 0.3) is 0 Å². The van der Waals surface area contributed by atoms with E-state index < -0.39 is 29.5 Å². The molecule has 8 heteroatoms. The SMILES string of the molecule is Fc1ccc(F)c(C2CCn3cc(C(F)(F)F)nc3N2)c1. The highest BCUT2D eigenvalue weighted by Gasteiger charge is 2.36. The lowest BCUT2D eigenvalue weighted by Gasteiger charge is -2.26. The predicted octanol–water partition coefficient (Wildman–Crippen LogP) is 3.74. The fourth-order valence-corrected chi connectivity index (χ4v) is 2.35. The summed E-state index contributed by atoms with van der Waals surface area (Å²) < 4.78 is 66.0. The normalized spacial score (nSPS) is 18.2. The van der Waals surface area contributed by atoms with Gasteiger partial charge in [-0.2, -0.15) is 13.2 Å². The second-order valence-electron chi connectivity index (χ2n) is 4.79. The van der Waals surface area contributed by atoms with E-state index in [-0.39, 0.29) is 18.1 Å². The number of aromatic nitrogens is 2. The predicted molar refractivity (Wildman–Crippen MR) is 64.6 cm³/mol. The lowest BCUT2D eigenvalue weighted by atomic mass is 10.0. The van der Waals surface area contributed by atoms with Crippen molar-refractivity contribution < 1.29 is 22.0 Å². The Balaban J connectivity index is 1.91. The van der Waals surface area contributed by atoms with E-state index in [9.17, 15) is 22.0 Å². The minimum atomic E-state index is -4.54. The smallest absolute Gasteiger partial charge is 0.349 e. The summed E-state index contributed by atoms with van der Waals surface area (Å²) in [4.78, 5) is 3.46. The summed E-state index contributed by atoms with van der Waals surface area (Å²) in [6.45, 7) is 0.242. The van der Waals surface area contributed by atoms with Crippen LogP contribution in [-0.4, -0.2) is 9.55 Å². The Morgan fingerprint density at radius 3 is 2.71 bits per heavy atom. The second-order valence-corrected chi connectivity index (χ2v) is 4.79. The van der Waals surface area contributed by atoms with Gasteiger partial charge in [-0.1, -0.05) is 0 Å². The highest BCUT2D eigenvalue weighted by Crippen LogP contribution is 2.34. The molecule has 1 aliphatic rings. The molecule has 0 bridgehead atoms. The number of alkyl halides is 3. The molecule has 1 N–H and O–H groups in total. The molecule has 0 radical (unpaired) electrons. The van der Waals surface area contributed by atoms with Crippen molar-refractivity contribution in [2.75, 3.05) is 5.32 Å². The van der Waals surface area contributed by atoms with Crippen molar-refractivity contribution >= 4 is 5.95 Å². The number of benzene rings is 1. The van der Waals surface area contributed by atoms with Crippen LogP contribution in [0.15, 0.2) is 24.4 Å². The van der Waals surface area contributed by atoms with Crippen LogP contribution in [0.25, 0.3) is 0 Å². The Morgan fingerprint density at radius 2 is 2.00 bits per heavy atom. The van der Waals surface area contributed by atoms with Crippen molar-refractivity contribution in [3.8, 4) is 0 Å². The van der Waals surface area contributed by atoms with Crippen LogP contribution in [0, 0.1) is 11.6 Å². The number of nitrogens with one attached hydrogen (secondary N) is 1. The lowest BCUT2D eigenvalue weighted by Crippen LogP contribution is -2.22. The highest BCUT2D eigenvalue weighted by molar-refractivity contribution is 5.38. The first kappa shape index (κ1) is 13.8. The molecule has 1 aromatic heterocycles. The number of imidazole rings is 1.